The van der Waals surface area contributed by atoms with E-state index in [4.69, 9.17) is 81.8 Å². The zero-order valence-corrected chi connectivity index (χ0v) is 72.9. The Morgan fingerprint density at radius 1 is 0.144 bits per heavy atom. The van der Waals surface area contributed by atoms with E-state index in [9.17, 15) is 35.8 Å². The molecule has 0 aliphatic carbocycles. The summed E-state index contributed by atoms with van der Waals surface area (Å²) in [6, 6.07) is 84.9. The van der Waals surface area contributed by atoms with Gasteiger partial charge in [-0.05, 0) is 109 Å². The van der Waals surface area contributed by atoms with Gasteiger partial charge in [-0.15, -0.1) is 0 Å². The molecule has 0 bridgehead atoms. The summed E-state index contributed by atoms with van der Waals surface area (Å²) in [5.41, 5.74) is 5.96. The normalized spacial score (nSPS) is 13.2. The number of aromatic amines is 12. The minimum atomic E-state index is -0.490. The van der Waals surface area contributed by atoms with Crippen LogP contribution in [0, 0.1) is 27.1 Å². The molecule has 24 heteroatoms. The van der Waals surface area contributed by atoms with Gasteiger partial charge in [-0.3, -0.25) is 28.8 Å². The number of benzene rings is 16. The molecule has 0 saturated heterocycles. The highest BCUT2D eigenvalue weighted by Crippen LogP contribution is 2.44. The largest absolute Gasteiger partial charge is 0.354 e. The molecule has 0 aliphatic heterocycles. The lowest BCUT2D eigenvalue weighted by atomic mass is 9.98. The molecule has 0 spiro atoms. The smallest absolute Gasteiger partial charge is 0.199 e. The topological polar surface area (TPSA) is 292 Å². The van der Waals surface area contributed by atoms with Crippen molar-refractivity contribution < 1.29 is 15.5 Å². The van der Waals surface area contributed by atoms with Gasteiger partial charge in [0.15, 0.2) is 48.1 Å². The molecule has 0 fully saturated rings. The van der Waals surface area contributed by atoms with E-state index < -0.39 is 32.6 Å². The number of aromatic nitrogens is 12. The molecule has 0 amide bonds. The van der Waals surface area contributed by atoms with Gasteiger partial charge >= 0.3 is 0 Å². The zero-order chi connectivity index (χ0) is 98.6. The van der Waals surface area contributed by atoms with Crippen molar-refractivity contribution in [2.24, 2.45) is 0 Å². The Hall–Kier alpha value is -16.3. The third-order valence-electron chi connectivity index (χ3n) is 25.1. The van der Waals surface area contributed by atoms with Gasteiger partial charge < -0.3 is 59.7 Å². The van der Waals surface area contributed by atoms with Gasteiger partial charge in [0.05, 0.1) is 126 Å². The number of para-hydroxylation sites is 12. The minimum Gasteiger partial charge on any atom is -0.354 e. The summed E-state index contributed by atoms with van der Waals surface area (Å²) in [5, 5.41) is 9.39. The lowest BCUT2D eigenvalue weighted by Gasteiger charge is -2.15. The summed E-state index contributed by atoms with van der Waals surface area (Å²) in [4.78, 5) is 99.8. The van der Waals surface area contributed by atoms with Crippen molar-refractivity contribution in [2.75, 3.05) is 0 Å². The van der Waals surface area contributed by atoms with Crippen molar-refractivity contribution >= 4 is 335 Å². The molecule has 28 rings (SSSR count). The Balaban J connectivity index is 0.000000100. The minimum absolute atomic E-state index is 0.0337. The maximum atomic E-state index is 13.9. The van der Waals surface area contributed by atoms with Crippen molar-refractivity contribution in [1.82, 2.24) is 59.7 Å². The molecule has 0 radical (unpaired) electrons. The second-order valence-electron chi connectivity index (χ2n) is 32.2. The third-order valence-corrected chi connectivity index (χ3v) is 27.6. The van der Waals surface area contributed by atoms with E-state index >= 15 is 0 Å². The molecule has 12 heterocycles. The summed E-state index contributed by atoms with van der Waals surface area (Å²) in [6.07, 6.45) is 0. The molecule has 12 aromatic heterocycles. The lowest BCUT2D eigenvalue weighted by molar-refractivity contribution is 1.44. The molecule has 0 aliphatic rings. The third kappa shape index (κ3) is 11.4. The highest BCUT2D eigenvalue weighted by Gasteiger charge is 2.27. The SMILES string of the molecule is [2H]n1c2ccccc2c(=O)c2c1c1c(=O)c3ccccc3n([2H])c1c1c(=O)c3ccccc3n([2H])c21.[2H]n1c2ccccc2c(=O)c2c1c1c(=O)c3ccccc3n([2H])c1c1c(=O)c3ccccc3n([2H])c21.[2H]n1c2ccccc2c(=S)c2c1c1c(=S)c3ccccc3[nH]c1c1c(=S)c3ccccc3n([2H])c12.[2H]n1c2ccccc2c(=S)c2c1c1c(=S)c3ccccc3n([2H])c1c1c(=S)c3ccccc3n([2H])c21. The molecule has 0 unspecified atom stereocenters. The van der Waals surface area contributed by atoms with Gasteiger partial charge in [0.2, 0.25) is 0 Å². The highest BCUT2D eigenvalue weighted by atomic mass is 32.1. The van der Waals surface area contributed by atoms with Gasteiger partial charge in [-0.1, -0.05) is 255 Å². The standard InChI is InChI=1S/2C27H15N3O3.2C27H15N3S3/c4*31-25-13-7-1-4-10-16(13)28-22-19(25)23-21(27(33)14-8-2-5-11-17(14)29-23)24-20(22)26(32)15-9-3-6-12-18(15)30-24/h4*1-12H,(H,28,31)(H,29,33)(H,30,32)/i/hD11. The second-order valence-corrected chi connectivity index (χ2v) is 34.7. The molecule has 132 heavy (non-hydrogen) atoms. The van der Waals surface area contributed by atoms with Crippen molar-refractivity contribution in [1.29, 1.82) is 0 Å². The van der Waals surface area contributed by atoms with Crippen LogP contribution in [0.2, 0.25) is 15.5 Å². The van der Waals surface area contributed by atoms with Crippen LogP contribution in [0.3, 0.4) is 0 Å². The predicted molar refractivity (Wildman–Crippen MR) is 561 cm³/mol. The Morgan fingerprint density at radius 3 is 0.424 bits per heavy atom. The van der Waals surface area contributed by atoms with Gasteiger partial charge in [0.1, 0.15) is 0 Å². The number of nitrogens with one attached hydrogen (secondary N) is 12. The van der Waals surface area contributed by atoms with Crippen molar-refractivity contribution in [2.45, 2.75) is 0 Å². The van der Waals surface area contributed by atoms with E-state index in [0.717, 1.165) is 84.0 Å². The fourth-order valence-corrected chi connectivity index (χ4v) is 21.3. The van der Waals surface area contributed by atoms with E-state index in [-0.39, 0.29) is 131 Å². The zero-order valence-electron chi connectivity index (χ0n) is 79.0. The van der Waals surface area contributed by atoms with Crippen LogP contribution in [0.25, 0.3) is 262 Å². The average molecular weight is 1830 g/mol. The van der Waals surface area contributed by atoms with Crippen LogP contribution < -0.4 is 32.6 Å². The number of rotatable bonds is 0. The summed E-state index contributed by atoms with van der Waals surface area (Å²) in [6.45, 7) is 0. The van der Waals surface area contributed by atoms with Crippen LogP contribution in [0.5, 0.6) is 0 Å². The summed E-state index contributed by atoms with van der Waals surface area (Å²) in [7, 11) is 0. The second kappa shape index (κ2) is 29.6. The summed E-state index contributed by atoms with van der Waals surface area (Å²) < 4.78 is 103. The van der Waals surface area contributed by atoms with Crippen LogP contribution in [0.4, 0.5) is 0 Å². The first kappa shape index (κ1) is 67.0. The Kier molecular flexibility index (Phi) is 15.0. The summed E-state index contributed by atoms with van der Waals surface area (Å²) in [5.74, 6) is 0. The number of hydrogen-bond donors (Lipinski definition) is 12. The first-order chi connectivity index (χ1) is 69.2. The fraction of sp³-hybridized carbons (Fsp3) is 0. The van der Waals surface area contributed by atoms with Crippen LogP contribution in [-0.2, 0) is 0 Å². The molecule has 28 aromatic rings. The van der Waals surface area contributed by atoms with Gasteiger partial charge in [-0.2, -0.15) is 0 Å². The molecule has 0 saturated carbocycles. The molecule has 16 aromatic carbocycles. The summed E-state index contributed by atoms with van der Waals surface area (Å²) >= 11 is 36.2. The maximum absolute atomic E-state index is 13.9. The van der Waals surface area contributed by atoms with E-state index in [0.29, 0.717) is 104 Å². The molecular weight excluding hydrogens is 1750 g/mol. The molecule has 624 valence electrons. The van der Waals surface area contributed by atoms with Crippen LogP contribution in [0.15, 0.2) is 320 Å². The molecule has 12 N–H and O–H groups in total. The molecule has 0 atom stereocenters. The maximum Gasteiger partial charge on any atom is 0.199 e. The number of hydrogen-bond acceptors (Lipinski definition) is 12. The number of pyridine rings is 12. The van der Waals surface area contributed by atoms with E-state index in [1.54, 1.807) is 146 Å². The Labute approximate surface area is 784 Å². The average Bonchev–Trinajstić information content (AvgIpc) is 0.690. The number of H-pyrrole nitrogens is 12. The predicted octanol–water partition coefficient (Wildman–Crippen LogP) is 26.9. The van der Waals surface area contributed by atoms with Crippen LogP contribution >= 0.6 is 73.3 Å². The van der Waals surface area contributed by atoms with Gasteiger partial charge in [0.25, 0.3) is 0 Å². The lowest BCUT2D eigenvalue weighted by Crippen LogP contribution is -2.14. The Morgan fingerprint density at radius 2 is 0.258 bits per heavy atom. The quantitative estimate of drug-likeness (QED) is 0.0383. The van der Waals surface area contributed by atoms with Crippen LogP contribution in [0.1, 0.15) is 0 Å². The van der Waals surface area contributed by atoms with Crippen molar-refractivity contribution in [3.05, 3.63) is 380 Å². The van der Waals surface area contributed by atoms with E-state index in [2.05, 4.69) is 4.98 Å². The van der Waals surface area contributed by atoms with Gasteiger partial charge in [0, 0.05) is 163 Å². The first-order valence-electron chi connectivity index (χ1n) is 46.7. The number of fused-ring (bicyclic) bond motifs is 36. The molecular formula is C108H60N12O6S6. The Bertz CT molecular complexity index is 10100. The first-order valence-corrected chi connectivity index (χ1v) is 44.2. The highest BCUT2D eigenvalue weighted by molar-refractivity contribution is 7.73. The fourth-order valence-electron chi connectivity index (χ4n) is 19.1. The van der Waals surface area contributed by atoms with Gasteiger partial charge in [-0.25, -0.2) is 0 Å². The van der Waals surface area contributed by atoms with E-state index in [1.807, 2.05) is 146 Å². The van der Waals surface area contributed by atoms with Crippen molar-refractivity contribution in [3.63, 3.8) is 0 Å². The van der Waals surface area contributed by atoms with E-state index in [1.165, 1.54) is 24.9 Å². The van der Waals surface area contributed by atoms with Crippen molar-refractivity contribution in [3.8, 4) is 0 Å². The molecule has 18 nitrogen and oxygen atoms in total. The van der Waals surface area contributed by atoms with Crippen LogP contribution in [-0.4, -0.2) is 59.7 Å². The monoisotopic (exact) mass is 1820 g/mol.